The first-order chi connectivity index (χ1) is 11.5. The summed E-state index contributed by atoms with van der Waals surface area (Å²) in [4.78, 5) is 23.8. The molecule has 0 unspecified atom stereocenters. The molecule has 6 heteroatoms. The lowest BCUT2D eigenvalue weighted by Gasteiger charge is -2.11. The molecular weight excluding hydrogens is 308 g/mol. The van der Waals surface area contributed by atoms with E-state index in [1.807, 2.05) is 6.07 Å². The first-order valence-corrected chi connectivity index (χ1v) is 7.35. The molecule has 0 aliphatic rings. The Hall–Kier alpha value is -3.02. The highest BCUT2D eigenvalue weighted by Crippen LogP contribution is 2.27. The Morgan fingerprint density at radius 2 is 1.75 bits per heavy atom. The summed E-state index contributed by atoms with van der Waals surface area (Å²) in [6, 6.07) is 10.1. The number of nitrogen functional groups attached to an aromatic ring is 1. The first-order valence-electron chi connectivity index (χ1n) is 7.35. The molecule has 2 rings (SSSR count). The van der Waals surface area contributed by atoms with Crippen LogP contribution in [-0.2, 0) is 6.54 Å². The van der Waals surface area contributed by atoms with E-state index in [1.54, 1.807) is 38.5 Å². The predicted octanol–water partition coefficient (Wildman–Crippen LogP) is 2.42. The van der Waals surface area contributed by atoms with Gasteiger partial charge in [0.1, 0.15) is 0 Å². The number of carbonyl (C=O) groups excluding carboxylic acids is 2. The summed E-state index contributed by atoms with van der Waals surface area (Å²) in [5.41, 5.74) is 7.69. The van der Waals surface area contributed by atoms with Crippen molar-refractivity contribution in [1.82, 2.24) is 5.32 Å². The number of benzene rings is 2. The van der Waals surface area contributed by atoms with Gasteiger partial charge in [-0.3, -0.25) is 9.59 Å². The van der Waals surface area contributed by atoms with Crippen LogP contribution in [0.5, 0.6) is 11.5 Å². The lowest BCUT2D eigenvalue weighted by molar-refractivity contribution is 0.0951. The second kappa shape index (κ2) is 7.50. The summed E-state index contributed by atoms with van der Waals surface area (Å²) in [6.07, 6.45) is 0. The van der Waals surface area contributed by atoms with E-state index in [2.05, 4.69) is 5.32 Å². The SMILES string of the molecule is COc1ccc(CNC(=O)c2ccc(N)c(C(C)=O)c2)cc1OC. The number of hydrogen-bond acceptors (Lipinski definition) is 5. The molecule has 3 N–H and O–H groups in total. The normalized spacial score (nSPS) is 10.1. The molecule has 0 aliphatic carbocycles. The quantitative estimate of drug-likeness (QED) is 0.628. The van der Waals surface area contributed by atoms with Gasteiger partial charge in [-0.25, -0.2) is 0 Å². The zero-order valence-electron chi connectivity index (χ0n) is 13.9. The van der Waals surface area contributed by atoms with Gasteiger partial charge in [-0.05, 0) is 42.8 Å². The molecule has 2 aromatic carbocycles. The van der Waals surface area contributed by atoms with E-state index >= 15 is 0 Å². The van der Waals surface area contributed by atoms with E-state index in [0.717, 1.165) is 5.56 Å². The Bertz CT molecular complexity index is 772. The monoisotopic (exact) mass is 328 g/mol. The summed E-state index contributed by atoms with van der Waals surface area (Å²) in [6.45, 7) is 1.73. The van der Waals surface area contributed by atoms with Crippen LogP contribution in [0.3, 0.4) is 0 Å². The summed E-state index contributed by atoms with van der Waals surface area (Å²) in [7, 11) is 3.12. The molecule has 0 bridgehead atoms. The fraction of sp³-hybridized carbons (Fsp3) is 0.222. The molecule has 126 valence electrons. The number of anilines is 1. The molecule has 2 aromatic rings. The minimum absolute atomic E-state index is 0.179. The Morgan fingerprint density at radius 1 is 1.04 bits per heavy atom. The summed E-state index contributed by atoms with van der Waals surface area (Å²) in [5, 5.41) is 2.80. The number of carbonyl (C=O) groups is 2. The number of ketones is 1. The average Bonchev–Trinajstić information content (AvgIpc) is 2.59. The molecular formula is C18H20N2O4. The molecule has 0 radical (unpaired) electrons. The van der Waals surface area contributed by atoms with Crippen LogP contribution in [0.1, 0.15) is 33.2 Å². The molecule has 0 heterocycles. The molecule has 0 aromatic heterocycles. The summed E-state index contributed by atoms with van der Waals surface area (Å²) in [5.74, 6) is 0.752. The van der Waals surface area contributed by atoms with E-state index in [4.69, 9.17) is 15.2 Å². The average molecular weight is 328 g/mol. The van der Waals surface area contributed by atoms with Crippen LogP contribution in [0.25, 0.3) is 0 Å². The Balaban J connectivity index is 2.11. The van der Waals surface area contributed by atoms with Crippen molar-refractivity contribution in [3.63, 3.8) is 0 Å². The molecule has 0 fully saturated rings. The maximum atomic E-state index is 12.3. The van der Waals surface area contributed by atoms with Crippen molar-refractivity contribution >= 4 is 17.4 Å². The molecule has 0 spiro atoms. The van der Waals surface area contributed by atoms with Gasteiger partial charge in [0, 0.05) is 23.4 Å². The first kappa shape index (κ1) is 17.3. The number of ether oxygens (including phenoxy) is 2. The van der Waals surface area contributed by atoms with E-state index in [-0.39, 0.29) is 11.7 Å². The predicted molar refractivity (Wildman–Crippen MR) is 91.6 cm³/mol. The van der Waals surface area contributed by atoms with Crippen LogP contribution in [0.15, 0.2) is 36.4 Å². The second-order valence-electron chi connectivity index (χ2n) is 5.23. The topological polar surface area (TPSA) is 90.6 Å². The number of amides is 1. The van der Waals surface area contributed by atoms with E-state index in [0.29, 0.717) is 34.9 Å². The number of nitrogens with one attached hydrogen (secondary N) is 1. The second-order valence-corrected chi connectivity index (χ2v) is 5.23. The van der Waals surface area contributed by atoms with Crippen LogP contribution in [0.2, 0.25) is 0 Å². The van der Waals surface area contributed by atoms with E-state index < -0.39 is 0 Å². The number of Topliss-reactive ketones (excluding diaryl/α,β-unsaturated/α-hetero) is 1. The van der Waals surface area contributed by atoms with Gasteiger partial charge in [-0.2, -0.15) is 0 Å². The van der Waals surface area contributed by atoms with Gasteiger partial charge in [0.05, 0.1) is 14.2 Å². The number of hydrogen-bond donors (Lipinski definition) is 2. The van der Waals surface area contributed by atoms with Crippen molar-refractivity contribution in [2.75, 3.05) is 20.0 Å². The van der Waals surface area contributed by atoms with Gasteiger partial charge in [0.15, 0.2) is 17.3 Å². The highest BCUT2D eigenvalue weighted by molar-refractivity contribution is 6.03. The molecule has 6 nitrogen and oxygen atoms in total. The standard InChI is InChI=1S/C18H20N2O4/c1-11(21)14-9-13(5-6-15(14)19)18(22)20-10-12-4-7-16(23-2)17(8-12)24-3/h4-9H,10,19H2,1-3H3,(H,20,22). The molecule has 0 atom stereocenters. The smallest absolute Gasteiger partial charge is 0.251 e. The Labute approximate surface area is 140 Å². The Morgan fingerprint density at radius 3 is 2.38 bits per heavy atom. The lowest BCUT2D eigenvalue weighted by Crippen LogP contribution is -2.23. The highest BCUT2D eigenvalue weighted by Gasteiger charge is 2.11. The van der Waals surface area contributed by atoms with Gasteiger partial charge in [0.25, 0.3) is 5.91 Å². The third-order valence-corrected chi connectivity index (χ3v) is 3.60. The summed E-state index contributed by atoms with van der Waals surface area (Å²) < 4.78 is 10.4. The third-order valence-electron chi connectivity index (χ3n) is 3.60. The number of nitrogens with two attached hydrogens (primary N) is 1. The van der Waals surface area contributed by atoms with Crippen LogP contribution >= 0.6 is 0 Å². The van der Waals surface area contributed by atoms with Crippen LogP contribution < -0.4 is 20.5 Å². The van der Waals surface area contributed by atoms with Gasteiger partial charge in [0.2, 0.25) is 0 Å². The largest absolute Gasteiger partial charge is 0.493 e. The minimum atomic E-state index is -0.285. The van der Waals surface area contributed by atoms with Crippen molar-refractivity contribution in [3.05, 3.63) is 53.1 Å². The van der Waals surface area contributed by atoms with Crippen molar-refractivity contribution in [2.24, 2.45) is 0 Å². The summed E-state index contributed by atoms with van der Waals surface area (Å²) >= 11 is 0. The van der Waals surface area contributed by atoms with Gasteiger partial charge in [-0.15, -0.1) is 0 Å². The van der Waals surface area contributed by atoms with Gasteiger partial charge < -0.3 is 20.5 Å². The van der Waals surface area contributed by atoms with Gasteiger partial charge in [-0.1, -0.05) is 6.07 Å². The number of rotatable bonds is 6. The van der Waals surface area contributed by atoms with Crippen LogP contribution in [0.4, 0.5) is 5.69 Å². The third kappa shape index (κ3) is 3.84. The highest BCUT2D eigenvalue weighted by atomic mass is 16.5. The Kier molecular flexibility index (Phi) is 5.42. The van der Waals surface area contributed by atoms with E-state index in [9.17, 15) is 9.59 Å². The zero-order valence-corrected chi connectivity index (χ0v) is 13.9. The minimum Gasteiger partial charge on any atom is -0.493 e. The maximum Gasteiger partial charge on any atom is 0.251 e. The van der Waals surface area contributed by atoms with Crippen LogP contribution in [-0.4, -0.2) is 25.9 Å². The van der Waals surface area contributed by atoms with Crippen molar-refractivity contribution in [2.45, 2.75) is 13.5 Å². The lowest BCUT2D eigenvalue weighted by atomic mass is 10.1. The van der Waals surface area contributed by atoms with Crippen molar-refractivity contribution in [1.29, 1.82) is 0 Å². The maximum absolute atomic E-state index is 12.3. The molecule has 0 aliphatic heterocycles. The molecule has 1 amide bonds. The van der Waals surface area contributed by atoms with Gasteiger partial charge >= 0.3 is 0 Å². The van der Waals surface area contributed by atoms with Crippen molar-refractivity contribution < 1.29 is 19.1 Å². The van der Waals surface area contributed by atoms with E-state index in [1.165, 1.54) is 13.0 Å². The van der Waals surface area contributed by atoms with Crippen LogP contribution in [0, 0.1) is 0 Å². The molecule has 0 saturated heterocycles. The zero-order chi connectivity index (χ0) is 17.7. The number of methoxy groups -OCH3 is 2. The van der Waals surface area contributed by atoms with Crippen molar-refractivity contribution in [3.8, 4) is 11.5 Å². The molecule has 24 heavy (non-hydrogen) atoms. The fourth-order valence-electron chi connectivity index (χ4n) is 2.28. The fourth-order valence-corrected chi connectivity index (χ4v) is 2.28. The molecule has 0 saturated carbocycles.